The lowest BCUT2D eigenvalue weighted by Crippen LogP contribution is -2.07. The van der Waals surface area contributed by atoms with Crippen LogP contribution in [0.15, 0.2) is 54.4 Å². The van der Waals surface area contributed by atoms with Crippen molar-refractivity contribution >= 4 is 28.1 Å². The van der Waals surface area contributed by atoms with Crippen LogP contribution in [0.25, 0.3) is 16.3 Å². The summed E-state index contributed by atoms with van der Waals surface area (Å²) in [7, 11) is 0. The van der Waals surface area contributed by atoms with Crippen LogP contribution in [0.5, 0.6) is 0 Å². The smallest absolute Gasteiger partial charge is 0.222 e. The molecule has 0 saturated carbocycles. The van der Waals surface area contributed by atoms with Gasteiger partial charge in [0.15, 0.2) is 0 Å². The van der Waals surface area contributed by atoms with Gasteiger partial charge in [0, 0.05) is 30.1 Å². The third-order valence-corrected chi connectivity index (χ3v) is 4.17. The lowest BCUT2D eigenvalue weighted by atomic mass is 9.98. The molecule has 2 aromatic heterocycles. The largest absolute Gasteiger partial charge is 0.311 e. The van der Waals surface area contributed by atoms with Crippen LogP contribution in [0, 0.1) is 0 Å². The number of nitrogens with one attached hydrogen (secondary N) is 1. The summed E-state index contributed by atoms with van der Waals surface area (Å²) in [5.74, 6) is 0.399. The summed E-state index contributed by atoms with van der Waals surface area (Å²) in [4.78, 5) is 20.1. The number of nitrogens with zero attached hydrogens (tertiary/aromatic N) is 2. The van der Waals surface area contributed by atoms with Gasteiger partial charge in [-0.15, -0.1) is 0 Å². The lowest BCUT2D eigenvalue weighted by molar-refractivity contribution is -0.114. The van der Waals surface area contributed by atoms with Crippen molar-refractivity contribution < 1.29 is 4.79 Å². The van der Waals surface area contributed by atoms with Crippen LogP contribution in [-0.2, 0) is 4.79 Å². The standard InChI is InChI=1S/C22H27N3O.C3H8/c1-6-8-9-15(3)10-16(4)20(7-2)21-11-18-14-24-22(25-17(5)26)12-19(18)13-23-21;1-3-2/h7,10-14H,3,6,8-9H2,1-2,4-5H3,(H,24,25,26);3H2,1-2H3/b16-10-,20-7+;. The topological polar surface area (TPSA) is 54.9 Å². The summed E-state index contributed by atoms with van der Waals surface area (Å²) in [6, 6.07) is 3.86. The van der Waals surface area contributed by atoms with E-state index < -0.39 is 0 Å². The third kappa shape index (κ3) is 8.02. The van der Waals surface area contributed by atoms with Crippen LogP contribution in [0.2, 0.25) is 0 Å². The second-order valence-electron chi connectivity index (χ2n) is 7.17. The van der Waals surface area contributed by atoms with Crippen LogP contribution >= 0.6 is 0 Å². The molecule has 0 bridgehead atoms. The van der Waals surface area contributed by atoms with Gasteiger partial charge in [0.05, 0.1) is 5.69 Å². The first-order chi connectivity index (χ1) is 13.9. The van der Waals surface area contributed by atoms with Crippen molar-refractivity contribution in [2.75, 3.05) is 5.32 Å². The predicted octanol–water partition coefficient (Wildman–Crippen LogP) is 7.10. The van der Waals surface area contributed by atoms with Crippen molar-refractivity contribution in [2.24, 2.45) is 0 Å². The van der Waals surface area contributed by atoms with E-state index in [1.807, 2.05) is 25.3 Å². The van der Waals surface area contributed by atoms with Crippen molar-refractivity contribution in [3.8, 4) is 0 Å². The van der Waals surface area contributed by atoms with E-state index in [2.05, 4.69) is 61.7 Å². The van der Waals surface area contributed by atoms with E-state index in [4.69, 9.17) is 0 Å². The average molecular weight is 394 g/mol. The van der Waals surface area contributed by atoms with Crippen LogP contribution in [0.3, 0.4) is 0 Å². The van der Waals surface area contributed by atoms with Crippen LogP contribution in [0.4, 0.5) is 5.82 Å². The number of hydrogen-bond donors (Lipinski definition) is 1. The highest BCUT2D eigenvalue weighted by Gasteiger charge is 2.08. The van der Waals surface area contributed by atoms with E-state index >= 15 is 0 Å². The van der Waals surface area contributed by atoms with E-state index in [0.717, 1.165) is 46.0 Å². The first kappa shape index (κ1) is 24.3. The first-order valence-electron chi connectivity index (χ1n) is 10.4. The molecule has 0 atom stereocenters. The average Bonchev–Trinajstić information content (AvgIpc) is 2.67. The molecule has 2 aromatic rings. The molecular formula is C25H35N3O. The lowest BCUT2D eigenvalue weighted by Gasteiger charge is -2.10. The molecule has 4 heteroatoms. The number of anilines is 1. The molecule has 0 unspecified atom stereocenters. The highest BCUT2D eigenvalue weighted by atomic mass is 16.1. The second-order valence-corrected chi connectivity index (χ2v) is 7.17. The Morgan fingerprint density at radius 3 is 2.31 bits per heavy atom. The minimum absolute atomic E-state index is 0.137. The Bertz CT molecular complexity index is 894. The highest BCUT2D eigenvalue weighted by Crippen LogP contribution is 2.26. The number of amides is 1. The molecule has 0 aliphatic rings. The van der Waals surface area contributed by atoms with Gasteiger partial charge in [0.25, 0.3) is 0 Å². The summed E-state index contributed by atoms with van der Waals surface area (Å²) in [5, 5.41) is 4.62. The zero-order chi connectivity index (χ0) is 21.8. The number of carbonyl (C=O) groups excluding carboxylic acids is 1. The number of pyridine rings is 2. The molecule has 0 spiro atoms. The second kappa shape index (κ2) is 12.7. The Kier molecular flexibility index (Phi) is 10.6. The normalized spacial score (nSPS) is 11.7. The number of fused-ring (bicyclic) bond motifs is 1. The fourth-order valence-electron chi connectivity index (χ4n) is 2.87. The van der Waals surface area contributed by atoms with Gasteiger partial charge in [-0.2, -0.15) is 0 Å². The monoisotopic (exact) mass is 393 g/mol. The summed E-state index contributed by atoms with van der Waals surface area (Å²) < 4.78 is 0. The molecule has 2 rings (SSSR count). The van der Waals surface area contributed by atoms with Gasteiger partial charge in [0.1, 0.15) is 5.82 Å². The zero-order valence-electron chi connectivity index (χ0n) is 18.8. The summed E-state index contributed by atoms with van der Waals surface area (Å²) in [6.07, 6.45) is 12.4. The van der Waals surface area contributed by atoms with E-state index in [1.165, 1.54) is 19.8 Å². The Balaban J connectivity index is 0.00000132. The maximum atomic E-state index is 11.2. The van der Waals surface area contributed by atoms with Gasteiger partial charge in [0.2, 0.25) is 5.91 Å². The fraction of sp³-hybridized carbons (Fsp3) is 0.400. The molecule has 0 aromatic carbocycles. The summed E-state index contributed by atoms with van der Waals surface area (Å²) in [5.41, 5.74) is 4.30. The number of allylic oxidation sites excluding steroid dienone is 5. The minimum atomic E-state index is -0.137. The quantitative estimate of drug-likeness (QED) is 0.510. The van der Waals surface area contributed by atoms with E-state index in [1.54, 1.807) is 6.20 Å². The maximum Gasteiger partial charge on any atom is 0.222 e. The predicted molar refractivity (Wildman–Crippen MR) is 126 cm³/mol. The zero-order valence-corrected chi connectivity index (χ0v) is 18.8. The van der Waals surface area contributed by atoms with Crippen molar-refractivity contribution in [3.05, 3.63) is 60.1 Å². The van der Waals surface area contributed by atoms with Gasteiger partial charge in [-0.25, -0.2) is 4.98 Å². The van der Waals surface area contributed by atoms with E-state index in [0.29, 0.717) is 5.82 Å². The fourth-order valence-corrected chi connectivity index (χ4v) is 2.87. The van der Waals surface area contributed by atoms with Gasteiger partial charge < -0.3 is 5.32 Å². The molecule has 1 amide bonds. The van der Waals surface area contributed by atoms with Gasteiger partial charge in [-0.1, -0.05) is 57.9 Å². The molecule has 29 heavy (non-hydrogen) atoms. The SMILES string of the molecule is C=C(/C=C(C)\C(=C/C)c1cc2cnc(NC(C)=O)cc2cn1)CCCC.CCC. The Hall–Kier alpha value is -2.75. The molecule has 156 valence electrons. The molecule has 2 heterocycles. The number of unbranched alkanes of at least 4 members (excludes halogenated alkanes) is 1. The van der Waals surface area contributed by atoms with Crippen molar-refractivity contribution in [1.82, 2.24) is 9.97 Å². The van der Waals surface area contributed by atoms with Crippen LogP contribution in [-0.4, -0.2) is 15.9 Å². The van der Waals surface area contributed by atoms with Crippen LogP contribution in [0.1, 0.15) is 72.9 Å². The Morgan fingerprint density at radius 2 is 1.72 bits per heavy atom. The summed E-state index contributed by atoms with van der Waals surface area (Å²) in [6.45, 7) is 16.2. The molecule has 0 radical (unpaired) electrons. The molecule has 0 fully saturated rings. The molecule has 1 N–H and O–H groups in total. The van der Waals surface area contributed by atoms with Crippen LogP contribution < -0.4 is 5.32 Å². The highest BCUT2D eigenvalue weighted by molar-refractivity contribution is 5.92. The Labute approximate surface area is 175 Å². The van der Waals surface area contributed by atoms with Crippen molar-refractivity contribution in [2.45, 2.75) is 67.2 Å². The molecule has 0 saturated heterocycles. The Morgan fingerprint density at radius 1 is 1.10 bits per heavy atom. The number of carbonyl (C=O) groups is 1. The third-order valence-electron chi connectivity index (χ3n) is 4.17. The van der Waals surface area contributed by atoms with Gasteiger partial charge in [-0.05, 0) is 50.0 Å². The van der Waals surface area contributed by atoms with Crippen molar-refractivity contribution in [1.29, 1.82) is 0 Å². The summed E-state index contributed by atoms with van der Waals surface area (Å²) >= 11 is 0. The van der Waals surface area contributed by atoms with E-state index in [-0.39, 0.29) is 5.91 Å². The molecule has 0 aliphatic heterocycles. The molecule has 0 aliphatic carbocycles. The number of aromatic nitrogens is 2. The van der Waals surface area contributed by atoms with E-state index in [9.17, 15) is 4.79 Å². The van der Waals surface area contributed by atoms with Gasteiger partial charge in [-0.3, -0.25) is 9.78 Å². The number of rotatable bonds is 7. The maximum absolute atomic E-state index is 11.2. The van der Waals surface area contributed by atoms with Gasteiger partial charge >= 0.3 is 0 Å². The molecule has 4 nitrogen and oxygen atoms in total. The van der Waals surface area contributed by atoms with Crippen molar-refractivity contribution in [3.63, 3.8) is 0 Å². The minimum Gasteiger partial charge on any atom is -0.311 e. The molecular weight excluding hydrogens is 358 g/mol. The first-order valence-corrected chi connectivity index (χ1v) is 10.4. The number of hydrogen-bond acceptors (Lipinski definition) is 3.